The number of nitrogens with zero attached hydrogens (tertiary/aromatic N) is 2. The topological polar surface area (TPSA) is 105 Å². The van der Waals surface area contributed by atoms with Gasteiger partial charge in [-0.2, -0.15) is 13.2 Å². The van der Waals surface area contributed by atoms with Gasteiger partial charge >= 0.3 is 6.18 Å². The minimum Gasteiger partial charge on any atom is -0.381 e. The Morgan fingerprint density at radius 3 is 2.38 bits per heavy atom. The fourth-order valence-corrected chi connectivity index (χ4v) is 3.17. The fourth-order valence-electron chi connectivity index (χ4n) is 3.17. The normalized spacial score (nSPS) is 11.1. The number of halogens is 4. The van der Waals surface area contributed by atoms with Crippen molar-refractivity contribution in [2.24, 2.45) is 0 Å². The molecule has 2 aromatic carbocycles. The Bertz CT molecular complexity index is 1180. The third-order valence-electron chi connectivity index (χ3n) is 5.06. The van der Waals surface area contributed by atoms with Crippen LogP contribution in [0, 0.1) is 5.82 Å². The molecule has 0 aliphatic heterocycles. The summed E-state index contributed by atoms with van der Waals surface area (Å²) in [5.74, 6) is -1.47. The maximum Gasteiger partial charge on any atom is 0.418 e. The molecular formula is C25H25F4N5O3. The summed E-state index contributed by atoms with van der Waals surface area (Å²) in [5.41, 5.74) is 0.138. The van der Waals surface area contributed by atoms with Crippen molar-refractivity contribution in [3.63, 3.8) is 0 Å². The van der Waals surface area contributed by atoms with Crippen LogP contribution in [0.1, 0.15) is 34.3 Å². The van der Waals surface area contributed by atoms with E-state index in [4.69, 9.17) is 4.74 Å². The highest BCUT2D eigenvalue weighted by Crippen LogP contribution is 2.36. The number of alkyl halides is 3. The lowest BCUT2D eigenvalue weighted by molar-refractivity contribution is -0.137. The highest BCUT2D eigenvalue weighted by atomic mass is 19.4. The van der Waals surface area contributed by atoms with Crippen LogP contribution in [0.2, 0.25) is 0 Å². The summed E-state index contributed by atoms with van der Waals surface area (Å²) >= 11 is 0. The summed E-state index contributed by atoms with van der Waals surface area (Å²) in [6, 6.07) is 8.87. The summed E-state index contributed by atoms with van der Waals surface area (Å²) in [6.07, 6.45) is 0.201. The van der Waals surface area contributed by atoms with Gasteiger partial charge in [-0.3, -0.25) is 9.59 Å². The molecule has 8 nitrogen and oxygen atoms in total. The monoisotopic (exact) mass is 519 g/mol. The van der Waals surface area contributed by atoms with Crippen LogP contribution in [0.3, 0.4) is 0 Å². The van der Waals surface area contributed by atoms with Crippen LogP contribution in [0.25, 0.3) is 0 Å². The Hall–Kier alpha value is -4.06. The number of anilines is 2. The van der Waals surface area contributed by atoms with Crippen LogP contribution >= 0.6 is 0 Å². The van der Waals surface area contributed by atoms with Gasteiger partial charge in [0.25, 0.3) is 5.91 Å². The van der Waals surface area contributed by atoms with E-state index in [1.54, 1.807) is 24.3 Å². The molecule has 0 radical (unpaired) electrons. The number of ether oxygens (including phenoxy) is 1. The van der Waals surface area contributed by atoms with E-state index in [1.165, 1.54) is 18.7 Å². The van der Waals surface area contributed by atoms with E-state index in [2.05, 4.69) is 25.9 Å². The summed E-state index contributed by atoms with van der Waals surface area (Å²) < 4.78 is 58.1. The molecule has 3 N–H and O–H groups in total. The summed E-state index contributed by atoms with van der Waals surface area (Å²) in [6.45, 7) is 1.23. The highest BCUT2D eigenvalue weighted by molar-refractivity contribution is 5.93. The van der Waals surface area contributed by atoms with Crippen molar-refractivity contribution in [3.8, 4) is 0 Å². The van der Waals surface area contributed by atoms with Gasteiger partial charge < -0.3 is 20.7 Å². The largest absolute Gasteiger partial charge is 0.418 e. The average Bonchev–Trinajstić information content (AvgIpc) is 2.88. The van der Waals surface area contributed by atoms with Crippen molar-refractivity contribution < 1.29 is 31.9 Å². The van der Waals surface area contributed by atoms with Crippen LogP contribution in [-0.2, 0) is 22.3 Å². The first-order chi connectivity index (χ1) is 17.7. The molecule has 3 aromatic rings. The highest BCUT2D eigenvalue weighted by Gasteiger charge is 2.34. The van der Waals surface area contributed by atoms with Crippen LogP contribution in [-0.4, -0.2) is 41.5 Å². The maximum atomic E-state index is 13.3. The van der Waals surface area contributed by atoms with E-state index in [-0.39, 0.29) is 37.1 Å². The molecule has 1 aromatic heterocycles. The standard InChI is InChI=1S/C25H25F4N5O3/c26-19-4-7-22(21(12-19)25(27,28)29)34-20-5-2-17(3-6-20)13-33-23(35)8-11-37-10-1-9-32-24(36)18-14-30-16-31-15-18/h2-7,12,14-16,34H,1,8-11,13H2,(H,32,36)(H,33,35). The van der Waals surface area contributed by atoms with Crippen LogP contribution in [0.5, 0.6) is 0 Å². The molecule has 0 saturated carbocycles. The summed E-state index contributed by atoms with van der Waals surface area (Å²) in [5, 5.41) is 8.10. The second-order valence-electron chi connectivity index (χ2n) is 7.89. The van der Waals surface area contributed by atoms with E-state index in [0.29, 0.717) is 36.9 Å². The molecule has 0 aliphatic rings. The third-order valence-corrected chi connectivity index (χ3v) is 5.06. The molecule has 3 rings (SSSR count). The quantitative estimate of drug-likeness (QED) is 0.245. The fraction of sp³-hybridized carbons (Fsp3) is 0.280. The van der Waals surface area contributed by atoms with Crippen LogP contribution < -0.4 is 16.0 Å². The first-order valence-electron chi connectivity index (χ1n) is 11.3. The molecule has 1 heterocycles. The number of amides is 2. The van der Waals surface area contributed by atoms with Gasteiger partial charge in [-0.15, -0.1) is 0 Å². The predicted molar refractivity (Wildman–Crippen MR) is 127 cm³/mol. The molecule has 0 bridgehead atoms. The van der Waals surface area contributed by atoms with Crippen LogP contribution in [0.4, 0.5) is 28.9 Å². The SMILES string of the molecule is O=C(CCOCCCNC(=O)c1cncnc1)NCc1ccc(Nc2ccc(F)cc2C(F)(F)F)cc1. The van der Waals surface area contributed by atoms with E-state index in [0.717, 1.165) is 17.7 Å². The maximum absolute atomic E-state index is 13.3. The van der Waals surface area contributed by atoms with Gasteiger partial charge in [0.05, 0.1) is 23.4 Å². The number of carbonyl (C=O) groups is 2. The predicted octanol–water partition coefficient (Wildman–Crippen LogP) is 4.22. The molecule has 0 fully saturated rings. The molecule has 196 valence electrons. The Kier molecular flexibility index (Phi) is 9.90. The van der Waals surface area contributed by atoms with Crippen molar-refractivity contribution in [2.75, 3.05) is 25.1 Å². The number of carbonyl (C=O) groups excluding carboxylic acids is 2. The van der Waals surface area contributed by atoms with Gasteiger partial charge in [0.1, 0.15) is 12.1 Å². The molecule has 37 heavy (non-hydrogen) atoms. The summed E-state index contributed by atoms with van der Waals surface area (Å²) in [7, 11) is 0. The van der Waals surface area contributed by atoms with Crippen LogP contribution in [0.15, 0.2) is 61.2 Å². The van der Waals surface area contributed by atoms with Crippen molar-refractivity contribution in [1.29, 1.82) is 0 Å². The Morgan fingerprint density at radius 1 is 0.946 bits per heavy atom. The van der Waals surface area contributed by atoms with Crippen molar-refractivity contribution in [1.82, 2.24) is 20.6 Å². The molecule has 0 spiro atoms. The van der Waals surface area contributed by atoms with Gasteiger partial charge in [-0.1, -0.05) is 12.1 Å². The summed E-state index contributed by atoms with van der Waals surface area (Å²) in [4.78, 5) is 31.4. The zero-order valence-electron chi connectivity index (χ0n) is 19.6. The minimum absolute atomic E-state index is 0.151. The first-order valence-corrected chi connectivity index (χ1v) is 11.3. The Morgan fingerprint density at radius 2 is 1.68 bits per heavy atom. The lowest BCUT2D eigenvalue weighted by Gasteiger charge is -2.15. The molecule has 2 amide bonds. The zero-order valence-corrected chi connectivity index (χ0v) is 19.6. The average molecular weight is 519 g/mol. The van der Waals surface area contributed by atoms with E-state index >= 15 is 0 Å². The number of benzene rings is 2. The molecular weight excluding hydrogens is 494 g/mol. The molecule has 0 atom stereocenters. The molecule has 0 saturated heterocycles. The van der Waals surface area contributed by atoms with Crippen molar-refractivity contribution in [2.45, 2.75) is 25.6 Å². The lowest BCUT2D eigenvalue weighted by Crippen LogP contribution is -2.26. The lowest BCUT2D eigenvalue weighted by atomic mass is 10.1. The van der Waals surface area contributed by atoms with Crippen molar-refractivity contribution >= 4 is 23.2 Å². The zero-order chi connectivity index (χ0) is 26.7. The smallest absolute Gasteiger partial charge is 0.381 e. The van der Waals surface area contributed by atoms with Gasteiger partial charge in [0.2, 0.25) is 5.91 Å². The van der Waals surface area contributed by atoms with Gasteiger partial charge in [-0.25, -0.2) is 14.4 Å². The van der Waals surface area contributed by atoms with Gasteiger partial charge in [-0.05, 0) is 42.3 Å². The Balaban J connectivity index is 1.32. The number of hydrogen-bond acceptors (Lipinski definition) is 6. The van der Waals surface area contributed by atoms with E-state index in [1.807, 2.05) is 0 Å². The molecule has 0 unspecified atom stereocenters. The number of rotatable bonds is 12. The van der Waals surface area contributed by atoms with E-state index in [9.17, 15) is 27.2 Å². The molecule has 0 aliphatic carbocycles. The first kappa shape index (κ1) is 27.5. The third kappa shape index (κ3) is 9.15. The number of aromatic nitrogens is 2. The minimum atomic E-state index is -4.70. The number of nitrogens with one attached hydrogen (secondary N) is 3. The van der Waals surface area contributed by atoms with Gasteiger partial charge in [0, 0.05) is 44.2 Å². The Labute approximate surface area is 210 Å². The van der Waals surface area contributed by atoms with Crippen molar-refractivity contribution in [3.05, 3.63) is 83.7 Å². The van der Waals surface area contributed by atoms with E-state index < -0.39 is 17.6 Å². The second-order valence-corrected chi connectivity index (χ2v) is 7.89. The molecule has 12 heteroatoms. The second kappa shape index (κ2) is 13.3. The van der Waals surface area contributed by atoms with Gasteiger partial charge in [0.15, 0.2) is 0 Å². The number of hydrogen-bond donors (Lipinski definition) is 3.